The summed E-state index contributed by atoms with van der Waals surface area (Å²) >= 11 is 0. The van der Waals surface area contributed by atoms with Crippen LogP contribution in [0.4, 0.5) is 0 Å². The van der Waals surface area contributed by atoms with E-state index in [-0.39, 0.29) is 0 Å². The number of nitrogens with zero attached hydrogens (tertiary/aromatic N) is 3. The average Bonchev–Trinajstić information content (AvgIpc) is 3.00. The Bertz CT molecular complexity index is 615. The van der Waals surface area contributed by atoms with Gasteiger partial charge in [0.2, 0.25) is 5.89 Å². The van der Waals surface area contributed by atoms with Crippen LogP contribution in [-0.2, 0) is 6.54 Å². The number of aryl methyl sites for hydroxylation is 2. The van der Waals surface area contributed by atoms with E-state index in [4.69, 9.17) is 8.83 Å². The van der Waals surface area contributed by atoms with Gasteiger partial charge in [-0.2, -0.15) is 0 Å². The van der Waals surface area contributed by atoms with Gasteiger partial charge in [-0.25, -0.2) is 0 Å². The summed E-state index contributed by atoms with van der Waals surface area (Å²) in [6.45, 7) is 7.66. The van der Waals surface area contributed by atoms with Gasteiger partial charge in [-0.05, 0) is 33.3 Å². The molecule has 3 heterocycles. The summed E-state index contributed by atoms with van der Waals surface area (Å²) in [4.78, 5) is 2.12. The lowest BCUT2D eigenvalue weighted by Crippen LogP contribution is -2.29. The lowest BCUT2D eigenvalue weighted by molar-refractivity contribution is 0.0668. The van der Waals surface area contributed by atoms with Crippen molar-refractivity contribution in [3.8, 4) is 11.5 Å². The minimum atomic E-state index is -0.610. The minimum Gasteiger partial charge on any atom is -0.466 e. The molecule has 3 rings (SSSR count). The molecule has 1 aliphatic heterocycles. The Labute approximate surface area is 117 Å². The zero-order valence-electron chi connectivity index (χ0n) is 12.0. The number of likely N-dealkylation sites (tertiary alicyclic amines) is 1. The van der Waals surface area contributed by atoms with E-state index in [2.05, 4.69) is 15.1 Å². The van der Waals surface area contributed by atoms with Crippen molar-refractivity contribution < 1.29 is 13.9 Å². The van der Waals surface area contributed by atoms with Crippen LogP contribution in [0.25, 0.3) is 11.5 Å². The van der Waals surface area contributed by atoms with Crippen LogP contribution in [0.2, 0.25) is 0 Å². The molecule has 0 aliphatic carbocycles. The van der Waals surface area contributed by atoms with Crippen molar-refractivity contribution in [1.82, 2.24) is 15.1 Å². The highest BCUT2D eigenvalue weighted by Gasteiger charge is 2.32. The van der Waals surface area contributed by atoms with E-state index in [1.165, 1.54) is 0 Å². The molecule has 0 spiro atoms. The van der Waals surface area contributed by atoms with Gasteiger partial charge in [-0.15, -0.1) is 10.2 Å². The molecule has 0 aromatic carbocycles. The van der Waals surface area contributed by atoms with Crippen LogP contribution in [0.1, 0.15) is 30.8 Å². The van der Waals surface area contributed by atoms with Gasteiger partial charge in [-0.3, -0.25) is 4.90 Å². The number of hydrogen-bond donors (Lipinski definition) is 1. The normalized spacial score (nSPS) is 23.6. The second-order valence-corrected chi connectivity index (χ2v) is 5.79. The molecule has 20 heavy (non-hydrogen) atoms. The summed E-state index contributed by atoms with van der Waals surface area (Å²) in [6, 6.07) is 1.90. The van der Waals surface area contributed by atoms with Crippen LogP contribution >= 0.6 is 0 Å². The molecule has 0 amide bonds. The maximum atomic E-state index is 9.94. The van der Waals surface area contributed by atoms with Crippen LogP contribution in [0.5, 0.6) is 0 Å². The van der Waals surface area contributed by atoms with E-state index in [1.54, 1.807) is 0 Å². The first-order valence-corrected chi connectivity index (χ1v) is 6.77. The van der Waals surface area contributed by atoms with E-state index in [9.17, 15) is 5.11 Å². The van der Waals surface area contributed by atoms with Crippen LogP contribution in [0.15, 0.2) is 14.9 Å². The quantitative estimate of drug-likeness (QED) is 0.923. The Kier molecular flexibility index (Phi) is 3.14. The van der Waals surface area contributed by atoms with Crippen molar-refractivity contribution in [1.29, 1.82) is 0 Å². The van der Waals surface area contributed by atoms with Crippen molar-refractivity contribution in [3.63, 3.8) is 0 Å². The number of rotatable bonds is 3. The van der Waals surface area contributed by atoms with Crippen LogP contribution in [-0.4, -0.2) is 38.9 Å². The van der Waals surface area contributed by atoms with E-state index >= 15 is 0 Å². The summed E-state index contributed by atoms with van der Waals surface area (Å²) in [6.07, 6.45) is 0.772. The summed E-state index contributed by atoms with van der Waals surface area (Å²) in [5.74, 6) is 2.66. The van der Waals surface area contributed by atoms with Crippen LogP contribution < -0.4 is 0 Å². The molecule has 0 saturated carbocycles. The highest BCUT2D eigenvalue weighted by molar-refractivity contribution is 5.55. The number of aromatic nitrogens is 2. The van der Waals surface area contributed by atoms with E-state index in [0.717, 1.165) is 30.0 Å². The van der Waals surface area contributed by atoms with Gasteiger partial charge in [0, 0.05) is 13.1 Å². The first-order valence-electron chi connectivity index (χ1n) is 6.77. The third kappa shape index (κ3) is 2.62. The van der Waals surface area contributed by atoms with Gasteiger partial charge in [-0.1, -0.05) is 0 Å². The highest BCUT2D eigenvalue weighted by Crippen LogP contribution is 2.26. The second-order valence-electron chi connectivity index (χ2n) is 5.79. The molecule has 1 N–H and O–H groups in total. The van der Waals surface area contributed by atoms with Crippen molar-refractivity contribution in [2.45, 2.75) is 39.3 Å². The average molecular weight is 277 g/mol. The lowest BCUT2D eigenvalue weighted by atomic mass is 10.1. The van der Waals surface area contributed by atoms with E-state index in [0.29, 0.717) is 24.9 Å². The molecule has 2 aromatic rings. The van der Waals surface area contributed by atoms with E-state index < -0.39 is 5.60 Å². The molecule has 1 unspecified atom stereocenters. The largest absolute Gasteiger partial charge is 0.466 e. The van der Waals surface area contributed by atoms with Gasteiger partial charge in [0.15, 0.2) is 0 Å². The molecule has 0 radical (unpaired) electrons. The first kappa shape index (κ1) is 13.3. The first-order chi connectivity index (χ1) is 9.43. The smallest absolute Gasteiger partial charge is 0.251 e. The lowest BCUT2D eigenvalue weighted by Gasteiger charge is -2.16. The SMILES string of the molecule is Cc1cc(-c2nnc(CN3CCC(C)(O)C3)o2)c(C)o1. The molecule has 108 valence electrons. The van der Waals surface area contributed by atoms with Gasteiger partial charge in [0.25, 0.3) is 5.89 Å². The van der Waals surface area contributed by atoms with Crippen molar-refractivity contribution in [2.75, 3.05) is 13.1 Å². The fraction of sp³-hybridized carbons (Fsp3) is 0.571. The molecule has 1 atom stereocenters. The van der Waals surface area contributed by atoms with Crippen molar-refractivity contribution in [3.05, 3.63) is 23.5 Å². The molecule has 1 aliphatic rings. The number of furan rings is 1. The zero-order valence-corrected chi connectivity index (χ0v) is 12.0. The van der Waals surface area contributed by atoms with Gasteiger partial charge < -0.3 is 13.9 Å². The highest BCUT2D eigenvalue weighted by atomic mass is 16.4. The third-order valence-corrected chi connectivity index (χ3v) is 3.63. The zero-order chi connectivity index (χ0) is 14.3. The fourth-order valence-electron chi connectivity index (χ4n) is 2.63. The topological polar surface area (TPSA) is 75.5 Å². The number of β-amino-alcohol motifs (C(OH)–C–C–N with tert-alkyl or cyclic N) is 1. The summed E-state index contributed by atoms with van der Waals surface area (Å²) in [5.41, 5.74) is 0.232. The molecule has 6 heteroatoms. The van der Waals surface area contributed by atoms with Crippen molar-refractivity contribution >= 4 is 0 Å². The Balaban J connectivity index is 1.73. The molecule has 1 fully saturated rings. The molecular weight excluding hydrogens is 258 g/mol. The number of hydrogen-bond acceptors (Lipinski definition) is 6. The molecule has 6 nitrogen and oxygen atoms in total. The maximum Gasteiger partial charge on any atom is 0.251 e. The standard InChI is InChI=1S/C14H19N3O3/c1-9-6-11(10(2)19-9)13-16-15-12(20-13)7-17-5-4-14(3,18)8-17/h6,18H,4-5,7-8H2,1-3H3. The monoisotopic (exact) mass is 277 g/mol. The molecule has 1 saturated heterocycles. The fourth-order valence-corrected chi connectivity index (χ4v) is 2.63. The van der Waals surface area contributed by atoms with E-state index in [1.807, 2.05) is 26.8 Å². The van der Waals surface area contributed by atoms with Crippen molar-refractivity contribution in [2.24, 2.45) is 0 Å². The van der Waals surface area contributed by atoms with Crippen LogP contribution in [0.3, 0.4) is 0 Å². The second kappa shape index (κ2) is 4.71. The van der Waals surface area contributed by atoms with Crippen LogP contribution in [0, 0.1) is 13.8 Å². The molecule has 2 aromatic heterocycles. The third-order valence-electron chi connectivity index (χ3n) is 3.63. The molecular formula is C14H19N3O3. The predicted octanol–water partition coefficient (Wildman–Crippen LogP) is 1.90. The summed E-state index contributed by atoms with van der Waals surface area (Å²) < 4.78 is 11.2. The molecule has 0 bridgehead atoms. The Hall–Kier alpha value is -1.66. The van der Waals surface area contributed by atoms with Gasteiger partial charge >= 0.3 is 0 Å². The summed E-state index contributed by atoms with van der Waals surface area (Å²) in [5, 5.41) is 18.1. The minimum absolute atomic E-state index is 0.486. The maximum absolute atomic E-state index is 9.94. The Morgan fingerprint density at radius 2 is 2.15 bits per heavy atom. The summed E-state index contributed by atoms with van der Waals surface area (Å²) in [7, 11) is 0. The van der Waals surface area contributed by atoms with Gasteiger partial charge in [0.05, 0.1) is 17.7 Å². The Morgan fingerprint density at radius 1 is 1.35 bits per heavy atom. The predicted molar refractivity (Wildman–Crippen MR) is 72.0 cm³/mol. The van der Waals surface area contributed by atoms with Gasteiger partial charge in [0.1, 0.15) is 11.5 Å². The number of aliphatic hydroxyl groups is 1. The Morgan fingerprint density at radius 3 is 2.75 bits per heavy atom.